The van der Waals surface area contributed by atoms with E-state index in [2.05, 4.69) is 21.3 Å². The molecule has 0 saturated heterocycles. The number of nitrogens with zero attached hydrogens (tertiary/aromatic N) is 2. The predicted molar refractivity (Wildman–Crippen MR) is 225 cm³/mol. The van der Waals surface area contributed by atoms with Gasteiger partial charge in [0.05, 0.1) is 65.4 Å². The van der Waals surface area contributed by atoms with Gasteiger partial charge in [0.15, 0.2) is 11.6 Å². The summed E-state index contributed by atoms with van der Waals surface area (Å²) in [5.41, 5.74) is 1.35. The lowest BCUT2D eigenvalue weighted by atomic mass is 9.97. The molecule has 0 unspecified atom stereocenters. The van der Waals surface area contributed by atoms with Gasteiger partial charge in [-0.05, 0) is 69.2 Å². The van der Waals surface area contributed by atoms with Crippen LogP contribution in [-0.4, -0.2) is 135 Å². The highest BCUT2D eigenvalue weighted by Gasteiger charge is 2.23. The van der Waals surface area contributed by atoms with Crippen molar-refractivity contribution < 1.29 is 47.8 Å². The van der Waals surface area contributed by atoms with Gasteiger partial charge in [0, 0.05) is 49.1 Å². The minimum atomic E-state index is -0.415. The topological polar surface area (TPSA) is 210 Å². The zero-order valence-electron chi connectivity index (χ0n) is 37.0. The molecule has 0 spiro atoms. The van der Waals surface area contributed by atoms with Crippen LogP contribution < -0.4 is 21.3 Å². The van der Waals surface area contributed by atoms with E-state index in [0.29, 0.717) is 12.8 Å². The Hall–Kier alpha value is -4.70. The van der Waals surface area contributed by atoms with Gasteiger partial charge in [-0.3, -0.25) is 38.4 Å². The zero-order valence-corrected chi connectivity index (χ0v) is 37.0. The summed E-state index contributed by atoms with van der Waals surface area (Å²) in [6, 6.07) is 4.70. The Morgan fingerprint density at radius 3 is 1.22 bits per heavy atom. The Morgan fingerprint density at radius 1 is 0.525 bits per heavy atom. The van der Waals surface area contributed by atoms with Crippen molar-refractivity contribution in [3.05, 3.63) is 34.9 Å². The van der Waals surface area contributed by atoms with Crippen LogP contribution in [0.3, 0.4) is 0 Å². The minimum absolute atomic E-state index is 0.0180. The van der Waals surface area contributed by atoms with E-state index in [-0.39, 0.29) is 155 Å². The van der Waals surface area contributed by atoms with E-state index < -0.39 is 11.8 Å². The summed E-state index contributed by atoms with van der Waals surface area (Å²) in [7, 11) is 0. The average molecular weight is 831 g/mol. The first-order valence-electron chi connectivity index (χ1n) is 20.7. The summed E-state index contributed by atoms with van der Waals surface area (Å²) in [6.07, 6.45) is 0.498. The number of ether oxygens (including phenoxy) is 2. The third kappa shape index (κ3) is 23.5. The van der Waals surface area contributed by atoms with Crippen LogP contribution in [0.4, 0.5) is 0 Å². The van der Waals surface area contributed by atoms with Crippen LogP contribution in [0.15, 0.2) is 18.2 Å². The fourth-order valence-electron chi connectivity index (χ4n) is 5.78. The van der Waals surface area contributed by atoms with Gasteiger partial charge in [0.1, 0.15) is 0 Å². The molecule has 0 aliphatic rings. The van der Waals surface area contributed by atoms with Crippen molar-refractivity contribution in [2.45, 2.75) is 113 Å². The Kier molecular flexibility index (Phi) is 24.7. The number of Topliss-reactive ketones (excluding diaryl/α,β-unsaturated/α-hetero) is 2. The molecule has 0 atom stereocenters. The van der Waals surface area contributed by atoms with Gasteiger partial charge in [-0.15, -0.1) is 0 Å². The summed E-state index contributed by atoms with van der Waals surface area (Å²) in [5, 5.41) is 11.0. The molecule has 1 aromatic carbocycles. The number of rotatable bonds is 29. The maximum Gasteiger partial charge on any atom is 0.251 e. The van der Waals surface area contributed by atoms with E-state index >= 15 is 0 Å². The monoisotopic (exact) mass is 831 g/mol. The minimum Gasteiger partial charge on any atom is -0.379 e. The van der Waals surface area contributed by atoms with Crippen LogP contribution in [-0.2, 0) is 38.2 Å². The lowest BCUT2D eigenvalue weighted by molar-refractivity contribution is -0.140. The van der Waals surface area contributed by atoms with Crippen LogP contribution in [0.5, 0.6) is 0 Å². The van der Waals surface area contributed by atoms with Gasteiger partial charge in [0.25, 0.3) is 11.8 Å². The SMILES string of the molecule is CC(C)CC(=O)CN(CC(=O)NC(C)C)C(=O)CCOCCNC(=O)c1cc(C(=O)NCCOCCC(=O)N(CC(=O)CC(C)C)CC(=O)NC(C)C)cc(C(C)C)c1. The summed E-state index contributed by atoms with van der Waals surface area (Å²) >= 11 is 0. The van der Waals surface area contributed by atoms with E-state index in [4.69, 9.17) is 9.47 Å². The second kappa shape index (κ2) is 27.9. The molecular weight excluding hydrogens is 761 g/mol. The Bertz CT molecular complexity index is 1400. The molecule has 0 radical (unpaired) electrons. The van der Waals surface area contributed by atoms with Crippen LogP contribution in [0.2, 0.25) is 0 Å². The molecule has 0 heterocycles. The average Bonchev–Trinajstić information content (AvgIpc) is 3.11. The van der Waals surface area contributed by atoms with Crippen LogP contribution in [0.25, 0.3) is 0 Å². The number of amides is 6. The molecule has 4 N–H and O–H groups in total. The second-order valence-corrected chi connectivity index (χ2v) is 16.5. The molecule has 0 aromatic heterocycles. The fourth-order valence-corrected chi connectivity index (χ4v) is 5.78. The van der Waals surface area contributed by atoms with Gasteiger partial charge in [0.2, 0.25) is 23.6 Å². The van der Waals surface area contributed by atoms with Gasteiger partial charge in [-0.2, -0.15) is 0 Å². The molecule has 6 amide bonds. The molecule has 1 rings (SSSR count). The lowest BCUT2D eigenvalue weighted by Gasteiger charge is -2.22. The first-order valence-corrected chi connectivity index (χ1v) is 20.7. The summed E-state index contributed by atoms with van der Waals surface area (Å²) in [5.74, 6) is -2.31. The maximum atomic E-state index is 13.1. The standard InChI is InChI=1S/C43H70N6O10/c1-28(2)19-36(50)24-48(26-38(52)46-31(7)8)40(54)11-15-58-17-13-44-42(56)34-21-33(30(5)6)22-35(23-34)43(57)45-14-18-59-16-12-41(55)49(25-37(51)20-29(3)4)27-39(53)47-32(9)10/h21-23,28-32H,11-20,24-27H2,1-10H3,(H,44,56)(H,45,57)(H,46,52)(H,47,53). The van der Waals surface area contributed by atoms with E-state index in [0.717, 1.165) is 5.56 Å². The van der Waals surface area contributed by atoms with Gasteiger partial charge in [-0.1, -0.05) is 41.5 Å². The summed E-state index contributed by atoms with van der Waals surface area (Å²) in [6.45, 7) is 18.5. The van der Waals surface area contributed by atoms with Crippen molar-refractivity contribution in [3.63, 3.8) is 0 Å². The first kappa shape index (κ1) is 52.3. The molecule has 0 bridgehead atoms. The molecule has 0 fully saturated rings. The Labute approximate surface area is 350 Å². The van der Waals surface area contributed by atoms with Crippen LogP contribution in [0, 0.1) is 11.8 Å². The Morgan fingerprint density at radius 2 is 0.898 bits per heavy atom. The second-order valence-electron chi connectivity index (χ2n) is 16.5. The molecule has 16 nitrogen and oxygen atoms in total. The number of hydrogen-bond donors (Lipinski definition) is 4. The lowest BCUT2D eigenvalue weighted by Crippen LogP contribution is -2.45. The largest absolute Gasteiger partial charge is 0.379 e. The third-order valence-corrected chi connectivity index (χ3v) is 8.41. The quantitative estimate of drug-likeness (QED) is 0.0868. The number of carbonyl (C=O) groups is 8. The van der Waals surface area contributed by atoms with Gasteiger partial charge in [-0.25, -0.2) is 0 Å². The summed E-state index contributed by atoms with van der Waals surface area (Å²) in [4.78, 5) is 104. The molecule has 0 aliphatic carbocycles. The maximum absolute atomic E-state index is 13.1. The highest BCUT2D eigenvalue weighted by molar-refractivity contribution is 6.00. The molecule has 0 aliphatic heterocycles. The molecule has 1 aromatic rings. The Balaban J connectivity index is 2.67. The van der Waals surface area contributed by atoms with E-state index in [1.165, 1.54) is 15.9 Å². The number of benzene rings is 1. The van der Waals surface area contributed by atoms with Crippen molar-refractivity contribution >= 4 is 47.0 Å². The van der Waals surface area contributed by atoms with E-state index in [1.54, 1.807) is 12.1 Å². The molecule has 59 heavy (non-hydrogen) atoms. The van der Waals surface area contributed by atoms with Crippen molar-refractivity contribution in [1.82, 2.24) is 31.1 Å². The van der Waals surface area contributed by atoms with Crippen molar-refractivity contribution in [2.75, 3.05) is 65.7 Å². The highest BCUT2D eigenvalue weighted by atomic mass is 16.5. The van der Waals surface area contributed by atoms with Crippen molar-refractivity contribution in [1.29, 1.82) is 0 Å². The van der Waals surface area contributed by atoms with E-state index in [1.807, 2.05) is 69.2 Å². The number of hydrogen-bond acceptors (Lipinski definition) is 10. The number of ketones is 2. The zero-order chi connectivity index (χ0) is 44.7. The first-order chi connectivity index (χ1) is 27.7. The molecule has 332 valence electrons. The van der Waals surface area contributed by atoms with Crippen molar-refractivity contribution in [2.24, 2.45) is 11.8 Å². The number of carbonyl (C=O) groups excluding carboxylic acids is 8. The normalized spacial score (nSPS) is 11.2. The highest BCUT2D eigenvalue weighted by Crippen LogP contribution is 2.19. The fraction of sp³-hybridized carbons (Fsp3) is 0.674. The smallest absolute Gasteiger partial charge is 0.251 e. The van der Waals surface area contributed by atoms with Gasteiger partial charge >= 0.3 is 0 Å². The van der Waals surface area contributed by atoms with Crippen molar-refractivity contribution in [3.8, 4) is 0 Å². The summed E-state index contributed by atoms with van der Waals surface area (Å²) < 4.78 is 11.2. The molecular formula is C43H70N6O10. The molecule has 0 saturated carbocycles. The predicted octanol–water partition coefficient (Wildman–Crippen LogP) is 3.02. The van der Waals surface area contributed by atoms with Gasteiger partial charge < -0.3 is 40.5 Å². The van der Waals surface area contributed by atoms with Crippen LogP contribution >= 0.6 is 0 Å². The molecule has 16 heteroatoms. The third-order valence-electron chi connectivity index (χ3n) is 8.41. The van der Waals surface area contributed by atoms with E-state index in [9.17, 15) is 38.4 Å². The number of nitrogens with one attached hydrogen (secondary N) is 4. The van der Waals surface area contributed by atoms with Crippen LogP contribution in [0.1, 0.15) is 127 Å².